The Morgan fingerprint density at radius 3 is 2.78 bits per heavy atom. The molecule has 18 heavy (non-hydrogen) atoms. The van der Waals surface area contributed by atoms with E-state index in [0.29, 0.717) is 5.02 Å². The van der Waals surface area contributed by atoms with Crippen molar-refractivity contribution in [3.8, 4) is 0 Å². The van der Waals surface area contributed by atoms with Crippen molar-refractivity contribution < 1.29 is 0 Å². The number of pyridine rings is 1. The lowest BCUT2D eigenvalue weighted by molar-refractivity contribution is 0.222. The molecule has 0 amide bonds. The number of hydrogen-bond acceptors (Lipinski definition) is 3. The average Bonchev–Trinajstić information content (AvgIpc) is 2.32. The van der Waals surface area contributed by atoms with Crippen LogP contribution in [0.2, 0.25) is 5.02 Å². The van der Waals surface area contributed by atoms with Crippen molar-refractivity contribution in [1.82, 2.24) is 9.88 Å². The molecule has 2 heterocycles. The van der Waals surface area contributed by atoms with Gasteiger partial charge in [0.15, 0.2) is 0 Å². The summed E-state index contributed by atoms with van der Waals surface area (Å²) < 4.78 is 0.920. The van der Waals surface area contributed by atoms with E-state index >= 15 is 0 Å². The summed E-state index contributed by atoms with van der Waals surface area (Å²) in [5.41, 5.74) is 0. The Labute approximate surface area is 122 Å². The topological polar surface area (TPSA) is 19.4 Å². The fraction of sp³-hybridized carbons (Fsp3) is 0.615. The second-order valence-electron chi connectivity index (χ2n) is 5.09. The number of nitrogens with zero attached hydrogens (tertiary/aromatic N) is 3. The van der Waals surface area contributed by atoms with E-state index in [-0.39, 0.29) is 0 Å². The minimum atomic E-state index is 0.708. The zero-order valence-electron chi connectivity index (χ0n) is 10.9. The van der Waals surface area contributed by atoms with Crippen molar-refractivity contribution >= 4 is 33.3 Å². The maximum Gasteiger partial charge on any atom is 0.147 e. The van der Waals surface area contributed by atoms with Gasteiger partial charge in [-0.2, -0.15) is 0 Å². The highest BCUT2D eigenvalue weighted by Gasteiger charge is 2.19. The lowest BCUT2D eigenvalue weighted by atomic mass is 9.97. The number of halogens is 2. The third-order valence-electron chi connectivity index (χ3n) is 3.52. The van der Waals surface area contributed by atoms with Gasteiger partial charge in [-0.25, -0.2) is 4.98 Å². The smallest absolute Gasteiger partial charge is 0.147 e. The van der Waals surface area contributed by atoms with Gasteiger partial charge in [0.1, 0.15) is 5.82 Å². The summed E-state index contributed by atoms with van der Waals surface area (Å²) >= 11 is 9.60. The number of anilines is 1. The van der Waals surface area contributed by atoms with Crippen LogP contribution in [0.15, 0.2) is 16.7 Å². The minimum absolute atomic E-state index is 0.708. The summed E-state index contributed by atoms with van der Waals surface area (Å²) in [6.07, 6.45) is 4.32. The van der Waals surface area contributed by atoms with Gasteiger partial charge in [0.2, 0.25) is 0 Å². The van der Waals surface area contributed by atoms with Gasteiger partial charge in [-0.05, 0) is 60.9 Å². The quantitative estimate of drug-likeness (QED) is 0.847. The molecule has 1 aromatic heterocycles. The monoisotopic (exact) mass is 331 g/mol. The van der Waals surface area contributed by atoms with E-state index in [0.717, 1.165) is 22.8 Å². The summed E-state index contributed by atoms with van der Waals surface area (Å²) in [6, 6.07) is 1.90. The van der Waals surface area contributed by atoms with Gasteiger partial charge in [0.05, 0.1) is 5.02 Å². The van der Waals surface area contributed by atoms with Gasteiger partial charge in [0, 0.05) is 24.3 Å². The number of aromatic nitrogens is 1. The first-order valence-electron chi connectivity index (χ1n) is 6.27. The molecule has 0 aromatic carbocycles. The molecule has 0 radical (unpaired) electrons. The Hall–Kier alpha value is -0.320. The first kappa shape index (κ1) is 14.1. The molecule has 5 heteroatoms. The van der Waals surface area contributed by atoms with Crippen LogP contribution in [-0.2, 0) is 0 Å². The molecular formula is C13H19BrClN3. The highest BCUT2D eigenvalue weighted by atomic mass is 79.9. The van der Waals surface area contributed by atoms with E-state index in [9.17, 15) is 0 Å². The third kappa shape index (κ3) is 3.59. The first-order chi connectivity index (χ1) is 8.56. The summed E-state index contributed by atoms with van der Waals surface area (Å²) in [6.45, 7) is 3.42. The molecule has 0 N–H and O–H groups in total. The SMILES string of the molecule is CN1CCC(CN(C)c2ncc(Br)cc2Cl)CC1. The molecule has 2 rings (SSSR count). The van der Waals surface area contributed by atoms with Crippen LogP contribution < -0.4 is 4.90 Å². The molecule has 0 spiro atoms. The zero-order valence-corrected chi connectivity index (χ0v) is 13.2. The highest BCUT2D eigenvalue weighted by Crippen LogP contribution is 2.27. The van der Waals surface area contributed by atoms with E-state index < -0.39 is 0 Å². The van der Waals surface area contributed by atoms with Crippen LogP contribution >= 0.6 is 27.5 Å². The molecule has 0 unspecified atom stereocenters. The van der Waals surface area contributed by atoms with Crippen molar-refractivity contribution in [2.45, 2.75) is 12.8 Å². The van der Waals surface area contributed by atoms with Gasteiger partial charge in [-0.3, -0.25) is 0 Å². The molecule has 1 aromatic rings. The molecule has 0 bridgehead atoms. The Kier molecular flexibility index (Phi) is 4.87. The van der Waals surface area contributed by atoms with Crippen molar-refractivity contribution in [3.63, 3.8) is 0 Å². The number of likely N-dealkylation sites (tertiary alicyclic amines) is 1. The highest BCUT2D eigenvalue weighted by molar-refractivity contribution is 9.10. The molecule has 1 fully saturated rings. The van der Waals surface area contributed by atoms with Gasteiger partial charge in [-0.1, -0.05) is 11.6 Å². The largest absolute Gasteiger partial charge is 0.358 e. The normalized spacial score (nSPS) is 18.0. The van der Waals surface area contributed by atoms with Crippen LogP contribution in [0.25, 0.3) is 0 Å². The fourth-order valence-corrected chi connectivity index (χ4v) is 3.18. The Balaban J connectivity index is 1.97. The van der Waals surface area contributed by atoms with Crippen molar-refractivity contribution in [2.75, 3.05) is 38.6 Å². The lowest BCUT2D eigenvalue weighted by Gasteiger charge is -2.32. The molecule has 0 aliphatic carbocycles. The number of piperidine rings is 1. The fourth-order valence-electron chi connectivity index (χ4n) is 2.41. The van der Waals surface area contributed by atoms with Gasteiger partial charge in [0.25, 0.3) is 0 Å². The van der Waals surface area contributed by atoms with Gasteiger partial charge >= 0.3 is 0 Å². The van der Waals surface area contributed by atoms with Crippen LogP contribution in [0.5, 0.6) is 0 Å². The summed E-state index contributed by atoms with van der Waals surface area (Å²) in [5, 5.41) is 0.708. The second kappa shape index (κ2) is 6.22. The standard InChI is InChI=1S/C13H19BrClN3/c1-17-5-3-10(4-6-17)9-18(2)13-12(15)7-11(14)8-16-13/h7-8,10H,3-6,9H2,1-2H3. The maximum absolute atomic E-state index is 6.22. The van der Waals surface area contributed by atoms with Crippen LogP contribution in [0.3, 0.4) is 0 Å². The number of hydrogen-bond donors (Lipinski definition) is 0. The molecule has 3 nitrogen and oxygen atoms in total. The predicted molar refractivity (Wildman–Crippen MR) is 80.4 cm³/mol. The molecule has 1 aliphatic heterocycles. The molecule has 1 aliphatic rings. The maximum atomic E-state index is 6.22. The van der Waals surface area contributed by atoms with E-state index in [1.165, 1.54) is 25.9 Å². The van der Waals surface area contributed by atoms with E-state index in [1.807, 2.05) is 6.07 Å². The van der Waals surface area contributed by atoms with E-state index in [4.69, 9.17) is 11.6 Å². The predicted octanol–water partition coefficient (Wildman–Crippen LogP) is 3.28. The van der Waals surface area contributed by atoms with Crippen LogP contribution in [0.4, 0.5) is 5.82 Å². The minimum Gasteiger partial charge on any atom is -0.358 e. The summed E-state index contributed by atoms with van der Waals surface area (Å²) in [7, 11) is 4.26. The second-order valence-corrected chi connectivity index (χ2v) is 6.41. The van der Waals surface area contributed by atoms with Crippen LogP contribution in [0, 0.1) is 5.92 Å². The van der Waals surface area contributed by atoms with Gasteiger partial charge < -0.3 is 9.80 Å². The third-order valence-corrected chi connectivity index (χ3v) is 4.23. The number of rotatable bonds is 3. The lowest BCUT2D eigenvalue weighted by Crippen LogP contribution is -2.36. The van der Waals surface area contributed by atoms with Crippen molar-refractivity contribution in [3.05, 3.63) is 21.8 Å². The molecule has 100 valence electrons. The molecule has 0 atom stereocenters. The van der Waals surface area contributed by atoms with E-state index in [1.54, 1.807) is 6.20 Å². The first-order valence-corrected chi connectivity index (χ1v) is 7.44. The van der Waals surface area contributed by atoms with Crippen LogP contribution in [0.1, 0.15) is 12.8 Å². The van der Waals surface area contributed by atoms with Crippen LogP contribution in [-0.4, -0.2) is 43.6 Å². The average molecular weight is 333 g/mol. The Morgan fingerprint density at radius 1 is 1.50 bits per heavy atom. The molecule has 1 saturated heterocycles. The summed E-state index contributed by atoms with van der Waals surface area (Å²) in [4.78, 5) is 8.96. The summed E-state index contributed by atoms with van der Waals surface area (Å²) in [5.74, 6) is 1.62. The van der Waals surface area contributed by atoms with Gasteiger partial charge in [-0.15, -0.1) is 0 Å². The molecule has 0 saturated carbocycles. The molecular weight excluding hydrogens is 314 g/mol. The zero-order chi connectivity index (χ0) is 13.1. The Bertz CT molecular complexity index is 405. The Morgan fingerprint density at radius 2 is 2.17 bits per heavy atom. The van der Waals surface area contributed by atoms with E-state index in [2.05, 4.69) is 44.8 Å². The van der Waals surface area contributed by atoms with Crippen molar-refractivity contribution in [2.24, 2.45) is 5.92 Å². The van der Waals surface area contributed by atoms with Crippen molar-refractivity contribution in [1.29, 1.82) is 0 Å².